The van der Waals surface area contributed by atoms with Gasteiger partial charge in [-0.05, 0) is 28.9 Å². The smallest absolute Gasteiger partial charge is 0.256 e. The van der Waals surface area contributed by atoms with Gasteiger partial charge in [-0.3, -0.25) is 4.98 Å². The minimum absolute atomic E-state index is 0.611. The first-order chi connectivity index (χ1) is 13.4. The number of alkyl halides is 3. The van der Waals surface area contributed by atoms with Gasteiger partial charge >= 0.3 is 6.18 Å². The number of pyridine rings is 1. The Morgan fingerprint density at radius 2 is 1.48 bits per heavy atom. The van der Waals surface area contributed by atoms with Crippen LogP contribution in [0.25, 0.3) is 16.1 Å². The molecule has 0 saturated heterocycles. The number of nitrogens with zero attached hydrogens (tertiary/aromatic N) is 1. The Bertz CT molecular complexity index is 1040. The highest BCUT2D eigenvalue weighted by Crippen LogP contribution is 2.33. The number of fused-ring (bicyclic) bond motifs is 1. The molecule has 6 heteroatoms. The van der Waals surface area contributed by atoms with E-state index in [0.717, 1.165) is 16.5 Å². The molecule has 152 valence electrons. The maximum absolute atomic E-state index is 13.1. The molecule has 0 atom stereocenters. The van der Waals surface area contributed by atoms with Crippen molar-refractivity contribution in [1.82, 2.24) is 4.98 Å². The molecule has 3 rings (SSSR count). The second-order valence-electron chi connectivity index (χ2n) is 9.00. The minimum Gasteiger partial charge on any atom is -0.256 e. The lowest BCUT2D eigenvalue weighted by atomic mass is 10.1. The first kappa shape index (κ1) is 21.5. The van der Waals surface area contributed by atoms with E-state index in [1.165, 1.54) is 22.5 Å². The van der Waals surface area contributed by atoms with Crippen molar-refractivity contribution in [3.8, 4) is 0 Å². The van der Waals surface area contributed by atoms with Crippen LogP contribution in [0.4, 0.5) is 13.2 Å². The molecule has 0 aliphatic heterocycles. The van der Waals surface area contributed by atoms with Crippen LogP contribution in [-0.4, -0.2) is 21.1 Å². The van der Waals surface area contributed by atoms with Crippen molar-refractivity contribution in [3.63, 3.8) is 0 Å². The van der Waals surface area contributed by atoms with Crippen molar-refractivity contribution in [3.05, 3.63) is 77.6 Å². The molecule has 0 radical (unpaired) electrons. The zero-order valence-corrected chi connectivity index (χ0v) is 19.4. The standard InChI is InChI=1S/C23H26F3NSi2/c1-28(2,3)16-21(17-11-13-19(14-12-17)23(24,25)26)29(4,5)20-10-6-8-18-9-7-15-27-22(18)20/h6-16H,1-5H3/b21-16+. The summed E-state index contributed by atoms with van der Waals surface area (Å²) in [6.45, 7) is 11.3. The molecular formula is C23H26F3NSi2. The third-order valence-electron chi connectivity index (χ3n) is 5.08. The van der Waals surface area contributed by atoms with E-state index < -0.39 is 27.9 Å². The van der Waals surface area contributed by atoms with E-state index in [-0.39, 0.29) is 0 Å². The second kappa shape index (κ2) is 7.57. The summed E-state index contributed by atoms with van der Waals surface area (Å²) in [5.41, 5.74) is 3.61. The molecule has 0 amide bonds. The molecule has 1 aromatic heterocycles. The van der Waals surface area contributed by atoms with E-state index in [1.807, 2.05) is 12.1 Å². The van der Waals surface area contributed by atoms with Crippen LogP contribution in [0, 0.1) is 0 Å². The van der Waals surface area contributed by atoms with Crippen LogP contribution in [0.15, 0.2) is 66.5 Å². The van der Waals surface area contributed by atoms with Crippen molar-refractivity contribution in [2.75, 3.05) is 0 Å². The predicted octanol–water partition coefficient (Wildman–Crippen LogP) is 6.67. The van der Waals surface area contributed by atoms with E-state index in [4.69, 9.17) is 0 Å². The molecule has 1 heterocycles. The first-order valence-electron chi connectivity index (χ1n) is 9.65. The molecule has 2 aromatic carbocycles. The molecule has 0 spiro atoms. The van der Waals surface area contributed by atoms with Crippen LogP contribution >= 0.6 is 0 Å². The second-order valence-corrected chi connectivity index (χ2v) is 18.4. The van der Waals surface area contributed by atoms with Crippen molar-refractivity contribution < 1.29 is 13.2 Å². The van der Waals surface area contributed by atoms with Crippen molar-refractivity contribution in [2.24, 2.45) is 0 Å². The van der Waals surface area contributed by atoms with Crippen LogP contribution in [0.3, 0.4) is 0 Å². The lowest BCUT2D eigenvalue weighted by Crippen LogP contribution is -2.44. The average Bonchev–Trinajstić information content (AvgIpc) is 2.64. The van der Waals surface area contributed by atoms with Gasteiger partial charge in [-0.2, -0.15) is 13.2 Å². The lowest BCUT2D eigenvalue weighted by molar-refractivity contribution is -0.137. The fourth-order valence-electron chi connectivity index (χ4n) is 3.65. The highest BCUT2D eigenvalue weighted by molar-refractivity contribution is 7.07. The summed E-state index contributed by atoms with van der Waals surface area (Å²) in [5, 5.41) is 3.48. The Hall–Kier alpha value is -2.19. The molecule has 0 bridgehead atoms. The van der Waals surface area contributed by atoms with Crippen LogP contribution in [0.2, 0.25) is 32.7 Å². The zero-order valence-electron chi connectivity index (χ0n) is 17.4. The number of hydrogen-bond donors (Lipinski definition) is 0. The predicted molar refractivity (Wildman–Crippen MR) is 122 cm³/mol. The fourth-order valence-corrected chi connectivity index (χ4v) is 9.92. The number of halogens is 3. The summed E-state index contributed by atoms with van der Waals surface area (Å²) in [4.78, 5) is 4.64. The molecule has 0 fully saturated rings. The summed E-state index contributed by atoms with van der Waals surface area (Å²) in [6.07, 6.45) is -2.52. The highest BCUT2D eigenvalue weighted by atomic mass is 28.3. The maximum Gasteiger partial charge on any atom is 0.416 e. The van der Waals surface area contributed by atoms with Crippen LogP contribution in [0.5, 0.6) is 0 Å². The fraction of sp³-hybridized carbons (Fsp3) is 0.261. The van der Waals surface area contributed by atoms with Crippen molar-refractivity contribution in [1.29, 1.82) is 0 Å². The van der Waals surface area contributed by atoms with E-state index in [0.29, 0.717) is 0 Å². The van der Waals surface area contributed by atoms with Crippen LogP contribution in [0.1, 0.15) is 11.1 Å². The SMILES string of the molecule is C[Si](C)(C)/C=C(\c1ccc(C(F)(F)F)cc1)[Si](C)(C)c1cccc2cccnc12. The largest absolute Gasteiger partial charge is 0.416 e. The van der Waals surface area contributed by atoms with E-state index in [1.54, 1.807) is 18.3 Å². The topological polar surface area (TPSA) is 12.9 Å². The number of benzene rings is 2. The van der Waals surface area contributed by atoms with Gasteiger partial charge in [0, 0.05) is 11.6 Å². The highest BCUT2D eigenvalue weighted by Gasteiger charge is 2.34. The van der Waals surface area contributed by atoms with Gasteiger partial charge in [-0.25, -0.2) is 0 Å². The van der Waals surface area contributed by atoms with Gasteiger partial charge in [-0.15, -0.1) is 0 Å². The molecular weight excluding hydrogens is 403 g/mol. The van der Waals surface area contributed by atoms with E-state index in [2.05, 4.69) is 61.6 Å². The molecule has 1 nitrogen and oxygen atoms in total. The number of para-hydroxylation sites is 1. The third-order valence-corrected chi connectivity index (χ3v) is 10.1. The normalized spacial score (nSPS) is 13.7. The molecule has 0 unspecified atom stereocenters. The molecule has 0 saturated carbocycles. The molecule has 0 N–H and O–H groups in total. The number of hydrogen-bond acceptors (Lipinski definition) is 1. The Labute approximate surface area is 172 Å². The maximum atomic E-state index is 13.1. The molecule has 0 aliphatic rings. The Morgan fingerprint density at radius 3 is 2.07 bits per heavy atom. The van der Waals surface area contributed by atoms with Gasteiger partial charge in [0.25, 0.3) is 0 Å². The third kappa shape index (κ3) is 4.70. The average molecular weight is 430 g/mol. The minimum atomic E-state index is -4.33. The van der Waals surface area contributed by atoms with Crippen molar-refractivity contribution in [2.45, 2.75) is 38.9 Å². The van der Waals surface area contributed by atoms with Crippen molar-refractivity contribution >= 4 is 37.4 Å². The summed E-state index contributed by atoms with van der Waals surface area (Å²) < 4.78 is 39.2. The van der Waals surface area contributed by atoms with Gasteiger partial charge in [0.1, 0.15) is 8.07 Å². The summed E-state index contributed by atoms with van der Waals surface area (Å²) in [5.74, 6) is 0. The van der Waals surface area contributed by atoms with Gasteiger partial charge in [0.15, 0.2) is 0 Å². The van der Waals surface area contributed by atoms with Gasteiger partial charge in [0.2, 0.25) is 0 Å². The number of rotatable bonds is 4. The summed E-state index contributed by atoms with van der Waals surface area (Å²) >= 11 is 0. The monoisotopic (exact) mass is 429 g/mol. The Kier molecular flexibility index (Phi) is 5.62. The summed E-state index contributed by atoms with van der Waals surface area (Å²) in [7, 11) is -3.87. The molecule has 29 heavy (non-hydrogen) atoms. The van der Waals surface area contributed by atoms with Crippen LogP contribution in [-0.2, 0) is 6.18 Å². The molecule has 3 aromatic rings. The Morgan fingerprint density at radius 1 is 0.862 bits per heavy atom. The number of aromatic nitrogens is 1. The summed E-state index contributed by atoms with van der Waals surface area (Å²) in [6, 6.07) is 15.8. The molecule has 0 aliphatic carbocycles. The quantitative estimate of drug-likeness (QED) is 0.422. The van der Waals surface area contributed by atoms with E-state index in [9.17, 15) is 13.2 Å². The van der Waals surface area contributed by atoms with Gasteiger partial charge in [-0.1, -0.05) is 80.0 Å². The van der Waals surface area contributed by atoms with E-state index >= 15 is 0 Å². The lowest BCUT2D eigenvalue weighted by Gasteiger charge is -2.30. The van der Waals surface area contributed by atoms with Gasteiger partial charge in [0.05, 0.1) is 19.2 Å². The van der Waals surface area contributed by atoms with Crippen LogP contribution < -0.4 is 5.19 Å². The Balaban J connectivity index is 2.20. The van der Waals surface area contributed by atoms with Gasteiger partial charge < -0.3 is 0 Å². The zero-order chi connectivity index (χ0) is 21.4. The first-order valence-corrected chi connectivity index (χ1v) is 16.2.